The molecule has 0 unspecified atom stereocenters. The van der Waals surface area contributed by atoms with E-state index in [0.717, 1.165) is 13.0 Å². The Bertz CT molecular complexity index is 348. The first kappa shape index (κ1) is 16.1. The van der Waals surface area contributed by atoms with Gasteiger partial charge in [0.2, 0.25) is 0 Å². The molecule has 0 aromatic carbocycles. The van der Waals surface area contributed by atoms with E-state index >= 15 is 0 Å². The van der Waals surface area contributed by atoms with Crippen molar-refractivity contribution in [1.29, 1.82) is 0 Å². The van der Waals surface area contributed by atoms with Gasteiger partial charge in [0.15, 0.2) is 5.76 Å². The van der Waals surface area contributed by atoms with Gasteiger partial charge in [0.25, 0.3) is 5.91 Å². The van der Waals surface area contributed by atoms with Crippen LogP contribution in [-0.2, 0) is 0 Å². The summed E-state index contributed by atoms with van der Waals surface area (Å²) in [7, 11) is 0. The van der Waals surface area contributed by atoms with Gasteiger partial charge in [-0.2, -0.15) is 0 Å². The second kappa shape index (κ2) is 8.99. The van der Waals surface area contributed by atoms with Gasteiger partial charge in [-0.15, -0.1) is 12.4 Å². The summed E-state index contributed by atoms with van der Waals surface area (Å²) in [5.41, 5.74) is 0. The molecule has 1 fully saturated rings. The van der Waals surface area contributed by atoms with E-state index in [4.69, 9.17) is 4.42 Å². The van der Waals surface area contributed by atoms with E-state index in [1.807, 2.05) is 0 Å². The van der Waals surface area contributed by atoms with E-state index in [1.165, 1.54) is 38.4 Å². The molecule has 1 aliphatic carbocycles. The summed E-state index contributed by atoms with van der Waals surface area (Å²) < 4.78 is 5.02. The third-order valence-corrected chi connectivity index (χ3v) is 3.42. The fourth-order valence-electron chi connectivity index (χ4n) is 2.40. The van der Waals surface area contributed by atoms with Crippen molar-refractivity contribution >= 4 is 18.3 Å². The summed E-state index contributed by atoms with van der Waals surface area (Å²) in [6.07, 6.45) is 9.18. The van der Waals surface area contributed by atoms with Crippen molar-refractivity contribution in [3.63, 3.8) is 0 Å². The third kappa shape index (κ3) is 5.66. The number of furan rings is 1. The minimum absolute atomic E-state index is 0. The molecule has 5 heteroatoms. The standard InChI is InChI=1S/C14H22N2O2.ClH/c17-14(13-8-4-11-18-13)16-10-5-9-15-12-6-2-1-3-7-12;/h4,8,11-12,15H,1-3,5-7,9-10H2,(H,16,17);1H. The van der Waals surface area contributed by atoms with Gasteiger partial charge in [0.1, 0.15) is 0 Å². The van der Waals surface area contributed by atoms with Gasteiger partial charge >= 0.3 is 0 Å². The molecule has 0 saturated heterocycles. The van der Waals surface area contributed by atoms with E-state index in [1.54, 1.807) is 12.1 Å². The Labute approximate surface area is 120 Å². The van der Waals surface area contributed by atoms with Crippen molar-refractivity contribution in [2.75, 3.05) is 13.1 Å². The number of halogens is 1. The molecular formula is C14H23ClN2O2. The minimum atomic E-state index is -0.127. The third-order valence-electron chi connectivity index (χ3n) is 3.42. The monoisotopic (exact) mass is 286 g/mol. The zero-order valence-electron chi connectivity index (χ0n) is 11.2. The largest absolute Gasteiger partial charge is 0.459 e. The van der Waals surface area contributed by atoms with Crippen LogP contribution >= 0.6 is 12.4 Å². The second-order valence-corrected chi connectivity index (χ2v) is 4.88. The molecule has 1 amide bonds. The summed E-state index contributed by atoms with van der Waals surface area (Å²) in [6.45, 7) is 1.67. The summed E-state index contributed by atoms with van der Waals surface area (Å²) in [5.74, 6) is 0.257. The number of hydrogen-bond acceptors (Lipinski definition) is 3. The van der Waals surface area contributed by atoms with Crippen LogP contribution in [-0.4, -0.2) is 25.0 Å². The number of carbonyl (C=O) groups is 1. The zero-order chi connectivity index (χ0) is 12.6. The SMILES string of the molecule is Cl.O=C(NCCCNC1CCCCC1)c1ccco1. The lowest BCUT2D eigenvalue weighted by molar-refractivity contribution is 0.0925. The molecule has 4 nitrogen and oxygen atoms in total. The molecule has 0 atom stereocenters. The first-order valence-corrected chi connectivity index (χ1v) is 6.91. The van der Waals surface area contributed by atoms with Crippen LogP contribution in [0, 0.1) is 0 Å². The normalized spacial score (nSPS) is 15.8. The summed E-state index contributed by atoms with van der Waals surface area (Å²) in [6, 6.07) is 4.09. The predicted molar refractivity (Wildman–Crippen MR) is 77.8 cm³/mol. The van der Waals surface area contributed by atoms with Gasteiger partial charge < -0.3 is 15.1 Å². The second-order valence-electron chi connectivity index (χ2n) is 4.88. The van der Waals surface area contributed by atoms with Crippen molar-refractivity contribution in [3.8, 4) is 0 Å². The van der Waals surface area contributed by atoms with Crippen LogP contribution in [0.5, 0.6) is 0 Å². The van der Waals surface area contributed by atoms with Gasteiger partial charge in [0.05, 0.1) is 6.26 Å². The van der Waals surface area contributed by atoms with Crippen LogP contribution in [0.25, 0.3) is 0 Å². The molecule has 0 spiro atoms. The Morgan fingerprint density at radius 3 is 2.74 bits per heavy atom. The Kier molecular flexibility index (Phi) is 7.60. The van der Waals surface area contributed by atoms with Crippen molar-refractivity contribution in [2.45, 2.75) is 44.6 Å². The molecule has 1 aromatic heterocycles. The van der Waals surface area contributed by atoms with Crippen molar-refractivity contribution in [3.05, 3.63) is 24.2 Å². The van der Waals surface area contributed by atoms with Crippen molar-refractivity contribution < 1.29 is 9.21 Å². The smallest absolute Gasteiger partial charge is 0.286 e. The highest BCUT2D eigenvalue weighted by molar-refractivity contribution is 5.91. The molecule has 19 heavy (non-hydrogen) atoms. The van der Waals surface area contributed by atoms with Crippen LogP contribution < -0.4 is 10.6 Å². The average molecular weight is 287 g/mol. The predicted octanol–water partition coefficient (Wildman–Crippen LogP) is 2.74. The lowest BCUT2D eigenvalue weighted by atomic mass is 9.95. The Morgan fingerprint density at radius 2 is 2.05 bits per heavy atom. The molecule has 0 radical (unpaired) electrons. The van der Waals surface area contributed by atoms with Crippen molar-refractivity contribution in [2.24, 2.45) is 0 Å². The van der Waals surface area contributed by atoms with E-state index < -0.39 is 0 Å². The topological polar surface area (TPSA) is 54.3 Å². The van der Waals surface area contributed by atoms with Gasteiger partial charge in [-0.1, -0.05) is 19.3 Å². The van der Waals surface area contributed by atoms with E-state index in [9.17, 15) is 4.79 Å². The summed E-state index contributed by atoms with van der Waals surface area (Å²) in [4.78, 5) is 11.5. The average Bonchev–Trinajstić information content (AvgIpc) is 2.93. The fourth-order valence-corrected chi connectivity index (χ4v) is 2.40. The molecular weight excluding hydrogens is 264 g/mol. The highest BCUT2D eigenvalue weighted by Crippen LogP contribution is 2.17. The Balaban J connectivity index is 0.00000180. The summed E-state index contributed by atoms with van der Waals surface area (Å²) >= 11 is 0. The number of carbonyl (C=O) groups excluding carboxylic acids is 1. The summed E-state index contributed by atoms with van der Waals surface area (Å²) in [5, 5.41) is 6.41. The van der Waals surface area contributed by atoms with Gasteiger partial charge in [0, 0.05) is 12.6 Å². The van der Waals surface area contributed by atoms with E-state index in [2.05, 4.69) is 10.6 Å². The lowest BCUT2D eigenvalue weighted by Crippen LogP contribution is -2.33. The quantitative estimate of drug-likeness (QED) is 0.791. The van der Waals surface area contributed by atoms with Gasteiger partial charge in [-0.05, 0) is 37.9 Å². The molecule has 1 aromatic rings. The number of hydrogen-bond donors (Lipinski definition) is 2. The molecule has 2 N–H and O–H groups in total. The highest BCUT2D eigenvalue weighted by Gasteiger charge is 2.12. The molecule has 2 rings (SSSR count). The maximum absolute atomic E-state index is 11.5. The number of rotatable bonds is 6. The maximum Gasteiger partial charge on any atom is 0.286 e. The zero-order valence-corrected chi connectivity index (χ0v) is 12.0. The fraction of sp³-hybridized carbons (Fsp3) is 0.643. The van der Waals surface area contributed by atoms with Crippen LogP contribution in [0.15, 0.2) is 22.8 Å². The first-order valence-electron chi connectivity index (χ1n) is 6.91. The molecule has 0 bridgehead atoms. The molecule has 1 saturated carbocycles. The Morgan fingerprint density at radius 1 is 1.26 bits per heavy atom. The highest BCUT2D eigenvalue weighted by atomic mass is 35.5. The molecule has 0 aliphatic heterocycles. The van der Waals surface area contributed by atoms with Crippen LogP contribution in [0.1, 0.15) is 49.1 Å². The van der Waals surface area contributed by atoms with Gasteiger partial charge in [-0.25, -0.2) is 0 Å². The van der Waals surface area contributed by atoms with Crippen LogP contribution in [0.3, 0.4) is 0 Å². The maximum atomic E-state index is 11.5. The van der Waals surface area contributed by atoms with E-state index in [0.29, 0.717) is 18.3 Å². The first-order chi connectivity index (χ1) is 8.86. The van der Waals surface area contributed by atoms with E-state index in [-0.39, 0.29) is 18.3 Å². The minimum Gasteiger partial charge on any atom is -0.459 e. The van der Waals surface area contributed by atoms with Crippen LogP contribution in [0.2, 0.25) is 0 Å². The molecule has 108 valence electrons. The molecule has 1 heterocycles. The van der Waals surface area contributed by atoms with Crippen LogP contribution in [0.4, 0.5) is 0 Å². The lowest BCUT2D eigenvalue weighted by Gasteiger charge is -2.22. The number of amides is 1. The van der Waals surface area contributed by atoms with Gasteiger partial charge in [-0.3, -0.25) is 4.79 Å². The molecule has 1 aliphatic rings. The number of nitrogens with one attached hydrogen (secondary N) is 2. The Hall–Kier alpha value is -1.00. The van der Waals surface area contributed by atoms with Crippen molar-refractivity contribution in [1.82, 2.24) is 10.6 Å².